The average Bonchev–Trinajstić information content (AvgIpc) is 3.22. The molecule has 0 saturated carbocycles. The van der Waals surface area contributed by atoms with Gasteiger partial charge in [-0.15, -0.1) is 0 Å². The van der Waals surface area contributed by atoms with Crippen molar-refractivity contribution in [2.45, 2.75) is 6.17 Å². The minimum atomic E-state index is 0.0866. The van der Waals surface area contributed by atoms with Gasteiger partial charge >= 0.3 is 0 Å². The molecule has 106 valence electrons. The van der Waals surface area contributed by atoms with Gasteiger partial charge in [0.2, 0.25) is 0 Å². The summed E-state index contributed by atoms with van der Waals surface area (Å²) in [6.45, 7) is 0. The van der Waals surface area contributed by atoms with Crippen LogP contribution in [0.15, 0.2) is 65.4 Å². The molecule has 0 fully saturated rings. The Balaban J connectivity index is 1.87. The van der Waals surface area contributed by atoms with Gasteiger partial charge in [-0.3, -0.25) is 4.57 Å². The van der Waals surface area contributed by atoms with Crippen LogP contribution in [0.3, 0.4) is 0 Å². The third-order valence-corrected chi connectivity index (χ3v) is 4.87. The van der Waals surface area contributed by atoms with Crippen LogP contribution in [-0.4, -0.2) is 9.55 Å². The van der Waals surface area contributed by atoms with E-state index in [1.54, 1.807) is 11.3 Å². The molecule has 0 spiro atoms. The fraction of sp³-hybridized carbons (Fsp3) is 0.0556. The van der Waals surface area contributed by atoms with Gasteiger partial charge in [0.05, 0.1) is 11.0 Å². The molecule has 0 saturated heterocycles. The molecule has 3 nitrogen and oxygen atoms in total. The van der Waals surface area contributed by atoms with Crippen molar-refractivity contribution < 1.29 is 0 Å². The smallest absolute Gasteiger partial charge is 0.145 e. The van der Waals surface area contributed by atoms with Gasteiger partial charge < -0.3 is 5.32 Å². The number of thiophene rings is 1. The number of rotatable bonds is 1. The van der Waals surface area contributed by atoms with Crippen molar-refractivity contribution in [2.75, 3.05) is 5.32 Å². The first-order chi connectivity index (χ1) is 10.9. The van der Waals surface area contributed by atoms with E-state index in [-0.39, 0.29) is 6.17 Å². The van der Waals surface area contributed by atoms with E-state index in [0.29, 0.717) is 0 Å². The standard InChI is InChI=1S/C18H13N3S/c1-2-6-14-13(5-1)18-20-15-7-3-4-8-16(15)21(18)17(19-14)12-9-10-22-11-12/h1-11,17,19H. The molecule has 1 N–H and O–H groups in total. The second-order valence-electron chi connectivity index (χ2n) is 5.44. The molecule has 0 radical (unpaired) electrons. The lowest BCUT2D eigenvalue weighted by Gasteiger charge is -2.29. The molecule has 1 atom stereocenters. The molecule has 4 heteroatoms. The number of hydrogen-bond donors (Lipinski definition) is 1. The summed E-state index contributed by atoms with van der Waals surface area (Å²) in [6.07, 6.45) is 0.0866. The Kier molecular flexibility index (Phi) is 2.43. The van der Waals surface area contributed by atoms with Crippen LogP contribution in [0.4, 0.5) is 5.69 Å². The number of aromatic nitrogens is 2. The number of nitrogens with one attached hydrogen (secondary N) is 1. The molecule has 1 unspecified atom stereocenters. The zero-order valence-electron chi connectivity index (χ0n) is 11.7. The van der Waals surface area contributed by atoms with Crippen molar-refractivity contribution >= 4 is 28.1 Å². The normalized spacial score (nSPS) is 16.1. The zero-order valence-corrected chi connectivity index (χ0v) is 12.5. The predicted molar refractivity (Wildman–Crippen MR) is 91.2 cm³/mol. The van der Waals surface area contributed by atoms with E-state index in [1.807, 2.05) is 6.07 Å². The van der Waals surface area contributed by atoms with E-state index in [9.17, 15) is 0 Å². The molecule has 2 aromatic heterocycles. The van der Waals surface area contributed by atoms with Crippen molar-refractivity contribution in [1.29, 1.82) is 0 Å². The fourth-order valence-electron chi connectivity index (χ4n) is 3.17. The number of imidazole rings is 1. The highest BCUT2D eigenvalue weighted by atomic mass is 32.1. The summed E-state index contributed by atoms with van der Waals surface area (Å²) in [5.41, 5.74) is 5.77. The van der Waals surface area contributed by atoms with E-state index >= 15 is 0 Å². The highest BCUT2D eigenvalue weighted by Gasteiger charge is 2.27. The van der Waals surface area contributed by atoms with Crippen LogP contribution in [0.1, 0.15) is 11.7 Å². The highest BCUT2D eigenvalue weighted by molar-refractivity contribution is 7.08. The molecular formula is C18H13N3S. The number of hydrogen-bond acceptors (Lipinski definition) is 3. The number of fused-ring (bicyclic) bond motifs is 5. The third kappa shape index (κ3) is 1.58. The summed E-state index contributed by atoms with van der Waals surface area (Å²) in [6, 6.07) is 18.9. The highest BCUT2D eigenvalue weighted by Crippen LogP contribution is 2.40. The lowest BCUT2D eigenvalue weighted by atomic mass is 10.1. The fourth-order valence-corrected chi connectivity index (χ4v) is 3.85. The maximum Gasteiger partial charge on any atom is 0.145 e. The molecule has 22 heavy (non-hydrogen) atoms. The summed E-state index contributed by atoms with van der Waals surface area (Å²) in [4.78, 5) is 4.88. The Hall–Kier alpha value is -2.59. The van der Waals surface area contributed by atoms with Gasteiger partial charge in [0.15, 0.2) is 0 Å². The van der Waals surface area contributed by atoms with E-state index in [4.69, 9.17) is 4.98 Å². The molecule has 1 aliphatic rings. The van der Waals surface area contributed by atoms with Crippen molar-refractivity contribution in [3.63, 3.8) is 0 Å². The number of benzene rings is 2. The summed E-state index contributed by atoms with van der Waals surface area (Å²) in [7, 11) is 0. The first kappa shape index (κ1) is 12.0. The van der Waals surface area contributed by atoms with Crippen LogP contribution in [0, 0.1) is 0 Å². The van der Waals surface area contributed by atoms with Crippen molar-refractivity contribution in [1.82, 2.24) is 9.55 Å². The molecule has 1 aliphatic heterocycles. The number of anilines is 1. The number of para-hydroxylation sites is 3. The summed E-state index contributed by atoms with van der Waals surface area (Å²) < 4.78 is 2.31. The van der Waals surface area contributed by atoms with Crippen molar-refractivity contribution in [2.24, 2.45) is 0 Å². The average molecular weight is 303 g/mol. The monoisotopic (exact) mass is 303 g/mol. The first-order valence-electron chi connectivity index (χ1n) is 7.27. The second-order valence-corrected chi connectivity index (χ2v) is 6.22. The van der Waals surface area contributed by atoms with Crippen LogP contribution >= 0.6 is 11.3 Å². The van der Waals surface area contributed by atoms with E-state index in [0.717, 1.165) is 28.1 Å². The van der Waals surface area contributed by atoms with Gasteiger partial charge in [0.1, 0.15) is 12.0 Å². The Morgan fingerprint density at radius 2 is 1.86 bits per heavy atom. The Bertz CT molecular complexity index is 969. The minimum absolute atomic E-state index is 0.0866. The summed E-state index contributed by atoms with van der Waals surface area (Å²) in [5.74, 6) is 1.03. The molecule has 4 aromatic rings. The lowest BCUT2D eigenvalue weighted by molar-refractivity contribution is 0.671. The number of nitrogens with zero attached hydrogens (tertiary/aromatic N) is 2. The van der Waals surface area contributed by atoms with E-state index < -0.39 is 0 Å². The van der Waals surface area contributed by atoms with Crippen LogP contribution in [0.25, 0.3) is 22.4 Å². The maximum atomic E-state index is 4.88. The van der Waals surface area contributed by atoms with Gasteiger partial charge in [-0.25, -0.2) is 4.98 Å². The largest absolute Gasteiger partial charge is 0.361 e. The van der Waals surface area contributed by atoms with Crippen LogP contribution in [0.5, 0.6) is 0 Å². The lowest BCUT2D eigenvalue weighted by Crippen LogP contribution is -2.24. The van der Waals surface area contributed by atoms with Gasteiger partial charge in [0, 0.05) is 16.8 Å². The second kappa shape index (κ2) is 4.45. The van der Waals surface area contributed by atoms with Crippen LogP contribution < -0.4 is 5.32 Å². The van der Waals surface area contributed by atoms with Gasteiger partial charge in [0.25, 0.3) is 0 Å². The summed E-state index contributed by atoms with van der Waals surface area (Å²) >= 11 is 1.72. The minimum Gasteiger partial charge on any atom is -0.361 e. The third-order valence-electron chi connectivity index (χ3n) is 4.17. The van der Waals surface area contributed by atoms with Crippen molar-refractivity contribution in [3.8, 4) is 11.4 Å². The van der Waals surface area contributed by atoms with Crippen LogP contribution in [0.2, 0.25) is 0 Å². The molecule has 3 heterocycles. The molecular weight excluding hydrogens is 290 g/mol. The quantitative estimate of drug-likeness (QED) is 0.550. The van der Waals surface area contributed by atoms with Gasteiger partial charge in [-0.1, -0.05) is 24.3 Å². The molecule has 0 bridgehead atoms. The molecule has 5 rings (SSSR count). The molecule has 0 amide bonds. The first-order valence-corrected chi connectivity index (χ1v) is 8.21. The predicted octanol–water partition coefficient (Wildman–Crippen LogP) is 4.74. The molecule has 0 aliphatic carbocycles. The van der Waals surface area contributed by atoms with E-state index in [2.05, 4.69) is 69.2 Å². The topological polar surface area (TPSA) is 29.9 Å². The maximum absolute atomic E-state index is 4.88. The summed E-state index contributed by atoms with van der Waals surface area (Å²) in [5, 5.41) is 7.98. The van der Waals surface area contributed by atoms with Crippen molar-refractivity contribution in [3.05, 3.63) is 70.9 Å². The van der Waals surface area contributed by atoms with Crippen LogP contribution in [-0.2, 0) is 0 Å². The van der Waals surface area contributed by atoms with E-state index in [1.165, 1.54) is 5.56 Å². The molecule has 2 aromatic carbocycles. The SMILES string of the molecule is c1ccc2c(c1)NC(c1ccsc1)n1c-2nc2ccccc21. The Morgan fingerprint density at radius 1 is 1.00 bits per heavy atom. The zero-order chi connectivity index (χ0) is 14.5. The Morgan fingerprint density at radius 3 is 2.77 bits per heavy atom. The van der Waals surface area contributed by atoms with Gasteiger partial charge in [-0.05, 0) is 41.1 Å². The Labute approximate surface area is 131 Å². The van der Waals surface area contributed by atoms with Gasteiger partial charge in [-0.2, -0.15) is 11.3 Å².